The molecule has 2 atom stereocenters. The van der Waals surface area contributed by atoms with Crippen molar-refractivity contribution in [2.75, 3.05) is 25.6 Å². The summed E-state index contributed by atoms with van der Waals surface area (Å²) in [4.78, 5) is 24.3. The van der Waals surface area contributed by atoms with E-state index in [2.05, 4.69) is 22.9 Å². The van der Waals surface area contributed by atoms with Crippen LogP contribution in [0.4, 0.5) is 5.69 Å². The molecule has 0 spiro atoms. The average molecular weight is 398 g/mol. The zero-order valence-corrected chi connectivity index (χ0v) is 16.6. The molecule has 3 rings (SSSR count). The molecule has 1 aromatic rings. The number of benzene rings is 1. The second kappa shape index (κ2) is 9.80. The molecular weight excluding hydrogens is 370 g/mol. The second-order valence-corrected chi connectivity index (χ2v) is 7.06. The van der Waals surface area contributed by atoms with E-state index in [0.29, 0.717) is 29.3 Å². The van der Waals surface area contributed by atoms with Crippen LogP contribution in [-0.2, 0) is 9.59 Å². The van der Waals surface area contributed by atoms with Crippen LogP contribution in [0.25, 0.3) is 0 Å². The third kappa shape index (κ3) is 6.29. The lowest BCUT2D eigenvalue weighted by molar-refractivity contribution is -0.123. The monoisotopic (exact) mass is 397 g/mol. The van der Waals surface area contributed by atoms with Crippen molar-refractivity contribution >= 4 is 29.9 Å². The van der Waals surface area contributed by atoms with E-state index in [1.54, 1.807) is 25.3 Å². The van der Waals surface area contributed by atoms with Crippen molar-refractivity contribution in [3.63, 3.8) is 0 Å². The Kier molecular flexibility index (Phi) is 7.74. The summed E-state index contributed by atoms with van der Waals surface area (Å²) in [5.41, 5.74) is 0.639. The van der Waals surface area contributed by atoms with Crippen LogP contribution in [0.1, 0.15) is 32.6 Å². The summed E-state index contributed by atoms with van der Waals surface area (Å²) in [6, 6.07) is 5.85. The maximum Gasteiger partial charge on any atom is 0.258 e. The van der Waals surface area contributed by atoms with Gasteiger partial charge in [-0.2, -0.15) is 0 Å². The van der Waals surface area contributed by atoms with Crippen molar-refractivity contribution in [2.24, 2.45) is 5.92 Å². The number of carbonyl (C=O) groups excluding carboxylic acids is 2. The van der Waals surface area contributed by atoms with Crippen molar-refractivity contribution < 1.29 is 19.1 Å². The third-order valence-electron chi connectivity index (χ3n) is 4.73. The summed E-state index contributed by atoms with van der Waals surface area (Å²) in [5, 5.41) is 9.17. The SMILES string of the molecule is COc1ccc(NC(=O)[C@H]2CCN[C@@H](C)C2)cc1OCC(=O)NC1CC1.Cl. The van der Waals surface area contributed by atoms with Crippen molar-refractivity contribution in [2.45, 2.75) is 44.7 Å². The first kappa shape index (κ1) is 21.3. The molecule has 0 radical (unpaired) electrons. The van der Waals surface area contributed by atoms with Crippen molar-refractivity contribution in [1.29, 1.82) is 0 Å². The minimum atomic E-state index is -0.146. The summed E-state index contributed by atoms with van der Waals surface area (Å²) in [7, 11) is 1.54. The van der Waals surface area contributed by atoms with Gasteiger partial charge in [-0.3, -0.25) is 9.59 Å². The number of amides is 2. The minimum absolute atomic E-state index is 0. The molecule has 0 bridgehead atoms. The van der Waals surface area contributed by atoms with Crippen LogP contribution in [0.5, 0.6) is 11.5 Å². The Morgan fingerprint density at radius 3 is 2.67 bits per heavy atom. The highest BCUT2D eigenvalue weighted by molar-refractivity contribution is 5.93. The molecule has 8 heteroatoms. The first-order chi connectivity index (χ1) is 12.5. The van der Waals surface area contributed by atoms with Crippen LogP contribution in [-0.4, -0.2) is 44.2 Å². The van der Waals surface area contributed by atoms with Gasteiger partial charge in [-0.1, -0.05) is 0 Å². The van der Waals surface area contributed by atoms with E-state index in [-0.39, 0.29) is 36.7 Å². The molecule has 1 saturated carbocycles. The van der Waals surface area contributed by atoms with E-state index in [0.717, 1.165) is 32.2 Å². The molecule has 2 amide bonds. The van der Waals surface area contributed by atoms with E-state index < -0.39 is 0 Å². The van der Waals surface area contributed by atoms with Crippen molar-refractivity contribution in [3.8, 4) is 11.5 Å². The van der Waals surface area contributed by atoms with Crippen LogP contribution in [0.3, 0.4) is 0 Å². The van der Waals surface area contributed by atoms with Gasteiger partial charge in [0.1, 0.15) is 0 Å². The number of hydrogen-bond acceptors (Lipinski definition) is 5. The molecule has 7 nitrogen and oxygen atoms in total. The van der Waals surface area contributed by atoms with Gasteiger partial charge in [0.2, 0.25) is 5.91 Å². The fraction of sp³-hybridized carbons (Fsp3) is 0.579. The quantitative estimate of drug-likeness (QED) is 0.655. The van der Waals surface area contributed by atoms with E-state index in [1.807, 2.05) is 0 Å². The highest BCUT2D eigenvalue weighted by Gasteiger charge is 2.25. The van der Waals surface area contributed by atoms with Crippen LogP contribution < -0.4 is 25.4 Å². The van der Waals surface area contributed by atoms with E-state index >= 15 is 0 Å². The van der Waals surface area contributed by atoms with Gasteiger partial charge < -0.3 is 25.4 Å². The smallest absolute Gasteiger partial charge is 0.258 e. The normalized spacial score (nSPS) is 21.6. The molecule has 0 aromatic heterocycles. The van der Waals surface area contributed by atoms with Gasteiger partial charge in [0.15, 0.2) is 18.1 Å². The Morgan fingerprint density at radius 1 is 1.22 bits per heavy atom. The zero-order chi connectivity index (χ0) is 18.5. The predicted molar refractivity (Wildman–Crippen MR) is 106 cm³/mol. The number of piperidine rings is 1. The Labute approximate surface area is 166 Å². The molecular formula is C19H28ClN3O4. The maximum atomic E-state index is 12.5. The van der Waals surface area contributed by atoms with Crippen molar-refractivity contribution in [3.05, 3.63) is 18.2 Å². The number of rotatable bonds is 7. The molecule has 1 aromatic carbocycles. The topological polar surface area (TPSA) is 88.7 Å². The number of hydrogen-bond donors (Lipinski definition) is 3. The zero-order valence-electron chi connectivity index (χ0n) is 15.7. The number of methoxy groups -OCH3 is 1. The standard InChI is InChI=1S/C19H27N3O4.ClH/c1-12-9-13(7-8-20-12)19(24)22-15-5-6-16(25-2)17(10-15)26-11-18(23)21-14-3-4-14;/h5-6,10,12-14,20H,3-4,7-9,11H2,1-2H3,(H,21,23)(H,22,24);1H/t12-,13-;/m0./s1. The second-order valence-electron chi connectivity index (χ2n) is 7.06. The first-order valence-corrected chi connectivity index (χ1v) is 9.19. The highest BCUT2D eigenvalue weighted by Crippen LogP contribution is 2.31. The average Bonchev–Trinajstić information content (AvgIpc) is 3.44. The van der Waals surface area contributed by atoms with E-state index in [9.17, 15) is 9.59 Å². The Morgan fingerprint density at radius 2 is 2.00 bits per heavy atom. The number of halogens is 1. The molecule has 150 valence electrons. The molecule has 2 aliphatic rings. The molecule has 1 saturated heterocycles. The fourth-order valence-corrected chi connectivity index (χ4v) is 3.12. The molecule has 2 fully saturated rings. The molecule has 1 heterocycles. The van der Waals surface area contributed by atoms with E-state index in [4.69, 9.17) is 9.47 Å². The Hall–Kier alpha value is -1.99. The number of ether oxygens (including phenoxy) is 2. The summed E-state index contributed by atoms with van der Waals surface area (Å²) < 4.78 is 10.9. The lowest BCUT2D eigenvalue weighted by atomic mass is 9.92. The highest BCUT2D eigenvalue weighted by atomic mass is 35.5. The molecule has 1 aliphatic carbocycles. The summed E-state index contributed by atoms with van der Waals surface area (Å²) in [6.45, 7) is 2.87. The maximum absolute atomic E-state index is 12.5. The van der Waals surface area contributed by atoms with Crippen LogP contribution in [0.2, 0.25) is 0 Å². The lowest BCUT2D eigenvalue weighted by Gasteiger charge is -2.27. The summed E-state index contributed by atoms with van der Waals surface area (Å²) >= 11 is 0. The largest absolute Gasteiger partial charge is 0.493 e. The van der Waals surface area contributed by atoms with Gasteiger partial charge in [-0.15, -0.1) is 12.4 Å². The molecule has 1 aliphatic heterocycles. The van der Waals surface area contributed by atoms with Crippen LogP contribution in [0.15, 0.2) is 18.2 Å². The number of nitrogens with one attached hydrogen (secondary N) is 3. The van der Waals surface area contributed by atoms with Gasteiger partial charge in [-0.05, 0) is 51.3 Å². The van der Waals surface area contributed by atoms with Gasteiger partial charge in [0.25, 0.3) is 5.91 Å². The van der Waals surface area contributed by atoms with Crippen LogP contribution >= 0.6 is 12.4 Å². The van der Waals surface area contributed by atoms with Crippen LogP contribution in [0, 0.1) is 5.92 Å². The Balaban J connectivity index is 0.00000261. The molecule has 27 heavy (non-hydrogen) atoms. The number of anilines is 1. The lowest BCUT2D eigenvalue weighted by Crippen LogP contribution is -2.40. The van der Waals surface area contributed by atoms with Gasteiger partial charge >= 0.3 is 0 Å². The van der Waals surface area contributed by atoms with Crippen molar-refractivity contribution in [1.82, 2.24) is 10.6 Å². The Bertz CT molecular complexity index is 666. The summed E-state index contributed by atoms with van der Waals surface area (Å²) in [5.74, 6) is 0.836. The first-order valence-electron chi connectivity index (χ1n) is 9.19. The summed E-state index contributed by atoms with van der Waals surface area (Å²) in [6.07, 6.45) is 3.72. The fourth-order valence-electron chi connectivity index (χ4n) is 3.12. The van der Waals surface area contributed by atoms with E-state index in [1.165, 1.54) is 0 Å². The van der Waals surface area contributed by atoms with Gasteiger partial charge in [-0.25, -0.2) is 0 Å². The molecule has 3 N–H and O–H groups in total. The predicted octanol–water partition coefficient (Wildman–Crippen LogP) is 2.10. The van der Waals surface area contributed by atoms with Gasteiger partial charge in [0.05, 0.1) is 7.11 Å². The number of carbonyl (C=O) groups is 2. The third-order valence-corrected chi connectivity index (χ3v) is 4.73. The molecule has 0 unspecified atom stereocenters. The minimum Gasteiger partial charge on any atom is -0.493 e. The van der Waals surface area contributed by atoms with Gasteiger partial charge in [0, 0.05) is 29.8 Å².